The zero-order chi connectivity index (χ0) is 22.0. The molecule has 3 aromatic rings. The van der Waals surface area contributed by atoms with Crippen LogP contribution in [-0.2, 0) is 11.3 Å². The van der Waals surface area contributed by atoms with E-state index in [2.05, 4.69) is 26.0 Å². The number of carbonyl (C=O) groups is 1. The Morgan fingerprint density at radius 3 is 2.65 bits per heavy atom. The lowest BCUT2D eigenvalue weighted by molar-refractivity contribution is -0.0505. The van der Waals surface area contributed by atoms with Crippen molar-refractivity contribution in [3.05, 3.63) is 76.3 Å². The topological polar surface area (TPSA) is 77.0 Å². The summed E-state index contributed by atoms with van der Waals surface area (Å²) in [7, 11) is 0. The van der Waals surface area contributed by atoms with Crippen molar-refractivity contribution < 1.29 is 32.9 Å². The number of rotatable bonds is 5. The standard InChI is InChI=1S/C22H16BrF2NO5/c23-19-14(26-22(28)29-11-12-5-2-1-3-6-12)10-9-13-17-15(30-20(27)18(13)19)7-4-8-16(17)31-21(24)25/h1-10,20-21,27H,11H2,(H,26,28). The van der Waals surface area contributed by atoms with Crippen molar-refractivity contribution in [3.63, 3.8) is 0 Å². The lowest BCUT2D eigenvalue weighted by Gasteiger charge is -2.28. The number of nitrogens with one attached hydrogen (secondary N) is 1. The van der Waals surface area contributed by atoms with Crippen molar-refractivity contribution in [2.45, 2.75) is 19.5 Å². The number of benzene rings is 3. The summed E-state index contributed by atoms with van der Waals surface area (Å²) in [6, 6.07) is 16.7. The molecule has 1 aliphatic rings. The number of hydrogen-bond donors (Lipinski definition) is 2. The average Bonchev–Trinajstić information content (AvgIpc) is 2.74. The number of ether oxygens (including phenoxy) is 3. The number of amides is 1. The largest absolute Gasteiger partial charge is 0.460 e. The van der Waals surface area contributed by atoms with Gasteiger partial charge in [0.05, 0.1) is 15.7 Å². The molecule has 0 aromatic heterocycles. The van der Waals surface area contributed by atoms with Crippen LogP contribution in [-0.4, -0.2) is 17.8 Å². The molecule has 0 aliphatic carbocycles. The first-order chi connectivity index (χ1) is 14.9. The van der Waals surface area contributed by atoms with E-state index in [1.807, 2.05) is 30.3 Å². The Morgan fingerprint density at radius 1 is 1.13 bits per heavy atom. The summed E-state index contributed by atoms with van der Waals surface area (Å²) in [5, 5.41) is 13.1. The number of halogens is 3. The van der Waals surface area contributed by atoms with Crippen LogP contribution in [0.3, 0.4) is 0 Å². The van der Waals surface area contributed by atoms with E-state index in [0.717, 1.165) is 5.56 Å². The Balaban J connectivity index is 1.61. The third-order valence-electron chi connectivity index (χ3n) is 4.59. The highest BCUT2D eigenvalue weighted by Gasteiger charge is 2.31. The fourth-order valence-corrected chi connectivity index (χ4v) is 3.91. The van der Waals surface area contributed by atoms with Gasteiger partial charge in [0.1, 0.15) is 18.1 Å². The fraction of sp³-hybridized carbons (Fsp3) is 0.136. The molecule has 9 heteroatoms. The third-order valence-corrected chi connectivity index (χ3v) is 5.44. The highest BCUT2D eigenvalue weighted by atomic mass is 79.9. The van der Waals surface area contributed by atoms with E-state index in [-0.39, 0.29) is 29.2 Å². The number of aliphatic hydroxyl groups is 1. The third kappa shape index (κ3) is 4.47. The smallest absolute Gasteiger partial charge is 0.411 e. The zero-order valence-electron chi connectivity index (χ0n) is 15.8. The molecule has 1 unspecified atom stereocenters. The van der Waals surface area contributed by atoms with Gasteiger partial charge >= 0.3 is 12.7 Å². The zero-order valence-corrected chi connectivity index (χ0v) is 17.4. The second-order valence-corrected chi connectivity index (χ2v) is 7.35. The highest BCUT2D eigenvalue weighted by Crippen LogP contribution is 2.50. The Kier molecular flexibility index (Phi) is 6.06. The number of hydrogen-bond acceptors (Lipinski definition) is 5. The minimum Gasteiger partial charge on any atom is -0.460 e. The summed E-state index contributed by atoms with van der Waals surface area (Å²) in [6.07, 6.45) is -2.08. The first kappa shape index (κ1) is 21.1. The van der Waals surface area contributed by atoms with Gasteiger partial charge in [0.2, 0.25) is 6.29 Å². The number of fused-ring (bicyclic) bond motifs is 3. The van der Waals surface area contributed by atoms with Gasteiger partial charge in [-0.3, -0.25) is 5.32 Å². The maximum atomic E-state index is 12.8. The lowest BCUT2D eigenvalue weighted by Crippen LogP contribution is -2.18. The molecular formula is C22H16BrF2NO5. The molecule has 3 aromatic carbocycles. The molecule has 0 radical (unpaired) electrons. The van der Waals surface area contributed by atoms with Crippen LogP contribution in [0.1, 0.15) is 17.4 Å². The van der Waals surface area contributed by atoms with Crippen LogP contribution in [0.15, 0.2) is 65.1 Å². The van der Waals surface area contributed by atoms with E-state index in [4.69, 9.17) is 9.47 Å². The normalized spacial score (nSPS) is 14.3. The van der Waals surface area contributed by atoms with E-state index in [9.17, 15) is 18.7 Å². The lowest BCUT2D eigenvalue weighted by atomic mass is 9.94. The van der Waals surface area contributed by atoms with Crippen LogP contribution in [0.25, 0.3) is 11.1 Å². The van der Waals surface area contributed by atoms with Crippen LogP contribution in [0, 0.1) is 0 Å². The molecule has 0 saturated heterocycles. The van der Waals surface area contributed by atoms with Gasteiger partial charge in [-0.25, -0.2) is 4.79 Å². The van der Waals surface area contributed by atoms with E-state index >= 15 is 0 Å². The summed E-state index contributed by atoms with van der Waals surface area (Å²) in [5.41, 5.74) is 2.12. The molecule has 1 aliphatic heterocycles. The van der Waals surface area contributed by atoms with Crippen LogP contribution in [0.2, 0.25) is 0 Å². The van der Waals surface area contributed by atoms with Gasteiger partial charge in [0.25, 0.3) is 0 Å². The Labute approximate surface area is 184 Å². The first-order valence-corrected chi connectivity index (χ1v) is 9.96. The molecule has 1 atom stereocenters. The second kappa shape index (κ2) is 8.91. The number of aliphatic hydroxyl groups excluding tert-OH is 1. The average molecular weight is 492 g/mol. The molecule has 0 spiro atoms. The second-order valence-electron chi connectivity index (χ2n) is 6.55. The molecule has 31 heavy (non-hydrogen) atoms. The molecule has 0 fully saturated rings. The van der Waals surface area contributed by atoms with Crippen molar-refractivity contribution in [2.24, 2.45) is 0 Å². The minimum atomic E-state index is -3.02. The van der Waals surface area contributed by atoms with E-state index in [1.54, 1.807) is 18.2 Å². The van der Waals surface area contributed by atoms with Gasteiger partial charge < -0.3 is 19.3 Å². The predicted octanol–water partition coefficient (Wildman–Crippen LogP) is 5.85. The molecule has 6 nitrogen and oxygen atoms in total. The quantitative estimate of drug-likeness (QED) is 0.468. The maximum Gasteiger partial charge on any atom is 0.411 e. The van der Waals surface area contributed by atoms with E-state index in [0.29, 0.717) is 15.7 Å². The van der Waals surface area contributed by atoms with Crippen molar-refractivity contribution in [1.29, 1.82) is 0 Å². The predicted molar refractivity (Wildman–Crippen MR) is 112 cm³/mol. The van der Waals surface area contributed by atoms with Gasteiger partial charge in [0.15, 0.2) is 0 Å². The van der Waals surface area contributed by atoms with E-state index < -0.39 is 19.0 Å². The molecule has 0 bridgehead atoms. The first-order valence-electron chi connectivity index (χ1n) is 9.17. The highest BCUT2D eigenvalue weighted by molar-refractivity contribution is 9.10. The molecule has 0 saturated carbocycles. The van der Waals surface area contributed by atoms with Crippen molar-refractivity contribution in [1.82, 2.24) is 0 Å². The summed E-state index contributed by atoms with van der Waals surface area (Å²) in [4.78, 5) is 12.2. The van der Waals surface area contributed by atoms with Crippen LogP contribution in [0.4, 0.5) is 19.3 Å². The van der Waals surface area contributed by atoms with Gasteiger partial charge in [-0.1, -0.05) is 42.5 Å². The molecule has 160 valence electrons. The van der Waals surface area contributed by atoms with Crippen LogP contribution in [0.5, 0.6) is 11.5 Å². The fourth-order valence-electron chi connectivity index (χ4n) is 3.27. The van der Waals surface area contributed by atoms with E-state index in [1.165, 1.54) is 12.1 Å². The number of anilines is 1. The monoisotopic (exact) mass is 491 g/mol. The molecule has 2 N–H and O–H groups in total. The molecule has 1 amide bonds. The summed E-state index contributed by atoms with van der Waals surface area (Å²) in [5.74, 6) is 0.114. The van der Waals surface area contributed by atoms with Gasteiger partial charge in [-0.15, -0.1) is 0 Å². The summed E-state index contributed by atoms with van der Waals surface area (Å²) < 4.78 is 41.3. The Hall–Kier alpha value is -3.17. The van der Waals surface area contributed by atoms with Gasteiger partial charge in [-0.2, -0.15) is 8.78 Å². The van der Waals surface area contributed by atoms with Gasteiger partial charge in [0, 0.05) is 5.56 Å². The Morgan fingerprint density at radius 2 is 1.90 bits per heavy atom. The van der Waals surface area contributed by atoms with Gasteiger partial charge in [-0.05, 0) is 45.3 Å². The minimum absolute atomic E-state index is 0.0860. The number of alkyl halides is 2. The molecular weight excluding hydrogens is 476 g/mol. The summed E-state index contributed by atoms with van der Waals surface area (Å²) >= 11 is 3.36. The Bertz CT molecular complexity index is 1110. The van der Waals surface area contributed by atoms with Crippen molar-refractivity contribution in [3.8, 4) is 22.6 Å². The van der Waals surface area contributed by atoms with Crippen LogP contribution >= 0.6 is 15.9 Å². The maximum absolute atomic E-state index is 12.8. The van der Waals surface area contributed by atoms with Crippen LogP contribution < -0.4 is 14.8 Å². The molecule has 1 heterocycles. The molecule has 4 rings (SSSR count). The summed E-state index contributed by atoms with van der Waals surface area (Å²) in [6.45, 7) is -2.94. The van der Waals surface area contributed by atoms with Crippen molar-refractivity contribution in [2.75, 3.05) is 5.32 Å². The number of carbonyl (C=O) groups excluding carboxylic acids is 1. The van der Waals surface area contributed by atoms with Crippen molar-refractivity contribution >= 4 is 27.7 Å². The SMILES string of the molecule is O=C(Nc1ccc2c(c1Br)C(O)Oc1cccc(OC(F)F)c1-2)OCc1ccccc1.